The third kappa shape index (κ3) is 4.56. The minimum Gasteiger partial charge on any atom is -0.452 e. The maximum absolute atomic E-state index is 7.10. The molecule has 1 unspecified atom stereocenters. The average Bonchev–Trinajstić information content (AvgIpc) is 3.60. The highest BCUT2D eigenvalue weighted by molar-refractivity contribution is 7.99. The normalized spacial score (nSPS) is 15.4. The summed E-state index contributed by atoms with van der Waals surface area (Å²) in [6.07, 6.45) is 3.76. The molecule has 3 aromatic heterocycles. The van der Waals surface area contributed by atoms with Gasteiger partial charge in [-0.1, -0.05) is 145 Å². The molecule has 0 saturated heterocycles. The molecule has 0 saturated carbocycles. The minimum atomic E-state index is -0.694. The van der Waals surface area contributed by atoms with Crippen LogP contribution in [0.4, 0.5) is 17.1 Å². The lowest BCUT2D eigenvalue weighted by atomic mass is 9.67. The van der Waals surface area contributed by atoms with Gasteiger partial charge in [0.05, 0.1) is 50.0 Å². The summed E-state index contributed by atoms with van der Waals surface area (Å²) in [6, 6.07) is 64.7. The number of hydrogen-bond donors (Lipinski definition) is 0. The van der Waals surface area contributed by atoms with Crippen LogP contribution in [0.1, 0.15) is 22.3 Å². The maximum Gasteiger partial charge on any atom is 0.165 e. The lowest BCUT2D eigenvalue weighted by molar-refractivity contribution is 0.461. The average molecular weight is 785 g/mol. The number of ether oxygens (including phenoxy) is 1. The molecule has 0 bridgehead atoms. The third-order valence-electron chi connectivity index (χ3n) is 12.4. The van der Waals surface area contributed by atoms with Crippen LogP contribution >= 0.6 is 11.8 Å². The molecule has 10 aromatic rings. The summed E-state index contributed by atoms with van der Waals surface area (Å²) in [5, 5.41) is 3.48. The second-order valence-electron chi connectivity index (χ2n) is 15.5. The highest BCUT2D eigenvalue weighted by Gasteiger charge is 2.53. The molecule has 60 heavy (non-hydrogen) atoms. The van der Waals surface area contributed by atoms with E-state index in [1.807, 2.05) is 18.5 Å². The fourth-order valence-electron chi connectivity index (χ4n) is 9.95. The van der Waals surface area contributed by atoms with E-state index in [4.69, 9.17) is 19.7 Å². The largest absolute Gasteiger partial charge is 0.452 e. The number of aromatic nitrogens is 3. The minimum absolute atomic E-state index is 0.694. The van der Waals surface area contributed by atoms with Gasteiger partial charge in [-0.2, -0.15) is 0 Å². The zero-order chi connectivity index (χ0) is 39.4. The van der Waals surface area contributed by atoms with E-state index < -0.39 is 5.41 Å². The zero-order valence-corrected chi connectivity index (χ0v) is 32.9. The summed E-state index contributed by atoms with van der Waals surface area (Å²) in [4.78, 5) is 20.2. The van der Waals surface area contributed by atoms with Gasteiger partial charge < -0.3 is 9.64 Å². The van der Waals surface area contributed by atoms with Gasteiger partial charge in [0.1, 0.15) is 0 Å². The molecule has 0 amide bonds. The molecule has 0 radical (unpaired) electrons. The van der Waals surface area contributed by atoms with Crippen molar-refractivity contribution in [1.29, 1.82) is 0 Å². The van der Waals surface area contributed by atoms with Crippen molar-refractivity contribution in [3.05, 3.63) is 217 Å². The van der Waals surface area contributed by atoms with Crippen LogP contribution in [-0.4, -0.2) is 15.0 Å². The number of fused-ring (bicyclic) bond motifs is 14. The van der Waals surface area contributed by atoms with Gasteiger partial charge in [0.2, 0.25) is 0 Å². The quantitative estimate of drug-likeness (QED) is 0.178. The Morgan fingerprint density at radius 3 is 2.13 bits per heavy atom. The van der Waals surface area contributed by atoms with E-state index in [2.05, 4.69) is 181 Å². The highest BCUT2D eigenvalue weighted by Crippen LogP contribution is 2.66. The van der Waals surface area contributed by atoms with Crippen molar-refractivity contribution in [3.63, 3.8) is 0 Å². The molecule has 280 valence electrons. The summed E-state index contributed by atoms with van der Waals surface area (Å²) in [7, 11) is 0. The molecular weight excluding hydrogens is 753 g/mol. The number of nitrogens with zero attached hydrogens (tertiary/aromatic N) is 4. The SMILES string of the molecule is c1ccc2c(c1)Oc1c(ccc3c1Sc1ccccc1C31c3cccnc3-c3nc(-c4ccccc4-c4cccc5cccnc45)ccc31)N2c1cccc2ccccc12. The van der Waals surface area contributed by atoms with Gasteiger partial charge >= 0.3 is 0 Å². The predicted molar refractivity (Wildman–Crippen MR) is 242 cm³/mol. The van der Waals surface area contributed by atoms with Crippen molar-refractivity contribution in [3.8, 4) is 45.3 Å². The third-order valence-corrected chi connectivity index (χ3v) is 13.6. The van der Waals surface area contributed by atoms with Crippen LogP contribution in [0.2, 0.25) is 0 Å². The van der Waals surface area contributed by atoms with Crippen molar-refractivity contribution in [1.82, 2.24) is 15.0 Å². The molecular formula is C54H32N4OS. The fourth-order valence-corrected chi connectivity index (χ4v) is 11.2. The molecule has 1 spiro atoms. The summed E-state index contributed by atoms with van der Waals surface area (Å²) >= 11 is 1.78. The van der Waals surface area contributed by atoms with E-state index in [9.17, 15) is 0 Å². The Labute approximate surface area is 350 Å². The van der Waals surface area contributed by atoms with Crippen LogP contribution in [-0.2, 0) is 5.41 Å². The van der Waals surface area contributed by atoms with E-state index in [1.165, 1.54) is 21.2 Å². The number of benzene rings is 7. The Bertz CT molecular complexity index is 3420. The van der Waals surface area contributed by atoms with Gasteiger partial charge in [-0.3, -0.25) is 9.97 Å². The summed E-state index contributed by atoms with van der Waals surface area (Å²) < 4.78 is 7.10. The second-order valence-corrected chi connectivity index (χ2v) is 16.5. The smallest absolute Gasteiger partial charge is 0.165 e. The number of hydrogen-bond acceptors (Lipinski definition) is 6. The van der Waals surface area contributed by atoms with Gasteiger partial charge in [0.25, 0.3) is 0 Å². The van der Waals surface area contributed by atoms with E-state index in [0.717, 1.165) is 94.8 Å². The van der Waals surface area contributed by atoms with Gasteiger partial charge in [-0.05, 0) is 81.7 Å². The topological polar surface area (TPSA) is 51.1 Å². The van der Waals surface area contributed by atoms with Gasteiger partial charge in [0.15, 0.2) is 11.5 Å². The number of para-hydroxylation sites is 3. The van der Waals surface area contributed by atoms with Crippen molar-refractivity contribution < 1.29 is 4.74 Å². The Morgan fingerprint density at radius 2 is 1.15 bits per heavy atom. The number of pyridine rings is 3. The van der Waals surface area contributed by atoms with Crippen LogP contribution < -0.4 is 9.64 Å². The van der Waals surface area contributed by atoms with Crippen molar-refractivity contribution >= 4 is 50.5 Å². The van der Waals surface area contributed by atoms with Crippen molar-refractivity contribution in [2.75, 3.05) is 4.90 Å². The summed E-state index contributed by atoms with van der Waals surface area (Å²) in [5.41, 5.74) is 13.9. The van der Waals surface area contributed by atoms with Crippen LogP contribution in [0, 0.1) is 0 Å². The monoisotopic (exact) mass is 784 g/mol. The Morgan fingerprint density at radius 1 is 0.467 bits per heavy atom. The van der Waals surface area contributed by atoms with Crippen molar-refractivity contribution in [2.24, 2.45) is 0 Å². The van der Waals surface area contributed by atoms with Gasteiger partial charge in [-0.15, -0.1) is 0 Å². The number of anilines is 3. The molecule has 5 nitrogen and oxygen atoms in total. The van der Waals surface area contributed by atoms with Crippen LogP contribution in [0.5, 0.6) is 11.5 Å². The fraction of sp³-hybridized carbons (Fsp3) is 0.0185. The Kier molecular flexibility index (Phi) is 7.09. The predicted octanol–water partition coefficient (Wildman–Crippen LogP) is 13.9. The highest BCUT2D eigenvalue weighted by atomic mass is 32.2. The number of rotatable bonds is 3. The lowest BCUT2D eigenvalue weighted by Gasteiger charge is -2.42. The van der Waals surface area contributed by atoms with E-state index in [1.54, 1.807) is 11.8 Å². The molecule has 6 heteroatoms. The van der Waals surface area contributed by atoms with Gasteiger partial charge in [0, 0.05) is 39.2 Å². The standard InChI is InChI=1S/C54H32N4OS/c1-2-17-35-33(13-1)14-10-24-44(35)58-45-23-6-7-25-47(45)59-52-46(58)30-28-42-53(52)60-48-26-8-5-21-39(48)54(42)40-22-12-32-56-50(40)51-41(54)27-29-43(57-51)37-19-4-3-18-36(37)38-20-9-15-34-16-11-31-55-49(34)38/h1-32H. The molecule has 7 aromatic carbocycles. The first-order valence-corrected chi connectivity index (χ1v) is 21.0. The van der Waals surface area contributed by atoms with Gasteiger partial charge in [-0.25, -0.2) is 4.98 Å². The van der Waals surface area contributed by atoms with Crippen LogP contribution in [0.25, 0.3) is 55.4 Å². The van der Waals surface area contributed by atoms with E-state index in [0.29, 0.717) is 0 Å². The molecule has 5 heterocycles. The summed E-state index contributed by atoms with van der Waals surface area (Å²) in [6.45, 7) is 0. The maximum atomic E-state index is 7.10. The first-order chi connectivity index (χ1) is 29.8. The first-order valence-electron chi connectivity index (χ1n) is 20.2. The molecule has 1 aliphatic carbocycles. The Balaban J connectivity index is 1.05. The summed E-state index contributed by atoms with van der Waals surface area (Å²) in [5.74, 6) is 1.67. The molecule has 3 aliphatic rings. The van der Waals surface area contributed by atoms with E-state index in [-0.39, 0.29) is 0 Å². The van der Waals surface area contributed by atoms with Crippen LogP contribution in [0.3, 0.4) is 0 Å². The van der Waals surface area contributed by atoms with E-state index >= 15 is 0 Å². The molecule has 13 rings (SSSR count). The molecule has 2 aliphatic heterocycles. The first kappa shape index (κ1) is 33.4. The van der Waals surface area contributed by atoms with Crippen molar-refractivity contribution in [2.45, 2.75) is 15.2 Å². The lowest BCUT2D eigenvalue weighted by Crippen LogP contribution is -2.32. The van der Waals surface area contributed by atoms with Crippen LogP contribution in [0.15, 0.2) is 204 Å². The second kappa shape index (κ2) is 12.7. The molecule has 0 fully saturated rings. The molecule has 1 atom stereocenters. The molecule has 0 N–H and O–H groups in total. The zero-order valence-electron chi connectivity index (χ0n) is 32.1. The Hall–Kier alpha value is -7.54.